The van der Waals surface area contributed by atoms with Gasteiger partial charge in [0.25, 0.3) is 0 Å². The summed E-state index contributed by atoms with van der Waals surface area (Å²) in [5.74, 6) is 0. The van der Waals surface area contributed by atoms with Gasteiger partial charge in [0.1, 0.15) is 42.7 Å². The second kappa shape index (κ2) is 9.85. The van der Waals surface area contributed by atoms with E-state index in [1.54, 1.807) is 13.8 Å². The number of hydrogen-bond donors (Lipinski definition) is 7. The van der Waals surface area contributed by atoms with Crippen LogP contribution in [0, 0.1) is 0 Å². The Hall–Kier alpha value is -0.440. The van der Waals surface area contributed by atoms with Crippen LogP contribution in [0.4, 0.5) is 0 Å². The van der Waals surface area contributed by atoms with Crippen LogP contribution in [-0.2, 0) is 18.9 Å². The van der Waals surface area contributed by atoms with Crippen LogP contribution in [0.1, 0.15) is 20.3 Å². The predicted molar refractivity (Wildman–Crippen MR) is 87.2 cm³/mol. The zero-order valence-electron chi connectivity index (χ0n) is 15.2. The van der Waals surface area contributed by atoms with E-state index in [1.165, 1.54) is 0 Å². The summed E-state index contributed by atoms with van der Waals surface area (Å²) in [5.41, 5.74) is 0. The molecule has 2 fully saturated rings. The van der Waals surface area contributed by atoms with Crippen molar-refractivity contribution in [3.63, 3.8) is 0 Å². The lowest BCUT2D eigenvalue weighted by Crippen LogP contribution is -2.60. The standard InChI is InChI=1S/C16H30O11/c1-6(17)3-7(2)26-16-14(23)12(21)11(20)9(27-16)5-25-15-13(22)10(19)8(18)4-24-15/h6-23H,3-5H2,1-2H3/t6-,7+,8+,9+,10-,11+,12-,13+,14+,15-,16+/m0/s1. The van der Waals surface area contributed by atoms with Gasteiger partial charge in [0, 0.05) is 0 Å². The molecule has 0 aromatic rings. The summed E-state index contributed by atoms with van der Waals surface area (Å²) in [6, 6.07) is 0. The molecule has 2 aliphatic heterocycles. The Labute approximate surface area is 156 Å². The third-order valence-corrected chi connectivity index (χ3v) is 4.59. The van der Waals surface area contributed by atoms with Crippen LogP contribution in [0.15, 0.2) is 0 Å². The first-order chi connectivity index (χ1) is 12.6. The van der Waals surface area contributed by atoms with Gasteiger partial charge in [0.05, 0.1) is 25.4 Å². The fraction of sp³-hybridized carbons (Fsp3) is 1.00. The molecule has 7 N–H and O–H groups in total. The molecule has 2 saturated heterocycles. The van der Waals surface area contributed by atoms with E-state index in [-0.39, 0.29) is 19.6 Å². The zero-order valence-corrected chi connectivity index (χ0v) is 15.2. The molecule has 0 aromatic heterocycles. The van der Waals surface area contributed by atoms with Crippen molar-refractivity contribution < 1.29 is 54.7 Å². The summed E-state index contributed by atoms with van der Waals surface area (Å²) in [6.45, 7) is 2.64. The van der Waals surface area contributed by atoms with E-state index >= 15 is 0 Å². The molecule has 0 bridgehead atoms. The molecule has 0 radical (unpaired) electrons. The van der Waals surface area contributed by atoms with Crippen LogP contribution in [-0.4, -0.2) is 116 Å². The van der Waals surface area contributed by atoms with Crippen molar-refractivity contribution in [1.82, 2.24) is 0 Å². The Bertz CT molecular complexity index is 450. The Kier molecular flexibility index (Phi) is 8.34. The minimum absolute atomic E-state index is 0.249. The smallest absolute Gasteiger partial charge is 0.186 e. The van der Waals surface area contributed by atoms with Crippen LogP contribution >= 0.6 is 0 Å². The Morgan fingerprint density at radius 1 is 0.889 bits per heavy atom. The molecule has 0 aliphatic carbocycles. The van der Waals surface area contributed by atoms with Crippen molar-refractivity contribution in [2.45, 2.75) is 87.8 Å². The van der Waals surface area contributed by atoms with Crippen molar-refractivity contribution in [2.75, 3.05) is 13.2 Å². The van der Waals surface area contributed by atoms with Gasteiger partial charge < -0.3 is 54.7 Å². The summed E-state index contributed by atoms with van der Waals surface area (Å²) in [4.78, 5) is 0. The number of rotatable bonds is 7. The van der Waals surface area contributed by atoms with Gasteiger partial charge in [-0.05, 0) is 20.3 Å². The summed E-state index contributed by atoms with van der Waals surface area (Å²) >= 11 is 0. The maximum atomic E-state index is 10.1. The minimum Gasteiger partial charge on any atom is -0.393 e. The number of aliphatic hydroxyl groups excluding tert-OH is 7. The molecule has 0 aromatic carbocycles. The lowest BCUT2D eigenvalue weighted by molar-refractivity contribution is -0.327. The average molecular weight is 398 g/mol. The van der Waals surface area contributed by atoms with Gasteiger partial charge in [-0.1, -0.05) is 0 Å². The highest BCUT2D eigenvalue weighted by Gasteiger charge is 2.46. The van der Waals surface area contributed by atoms with Gasteiger partial charge in [-0.15, -0.1) is 0 Å². The quantitative estimate of drug-likeness (QED) is 0.225. The lowest BCUT2D eigenvalue weighted by Gasteiger charge is -2.42. The second-order valence-corrected chi connectivity index (χ2v) is 7.13. The molecule has 0 spiro atoms. The lowest BCUT2D eigenvalue weighted by atomic mass is 9.99. The molecular formula is C16H30O11. The maximum absolute atomic E-state index is 10.1. The predicted octanol–water partition coefficient (Wildman–Crippen LogP) is -3.57. The van der Waals surface area contributed by atoms with E-state index in [0.29, 0.717) is 0 Å². The normalized spacial score (nSPS) is 45.4. The summed E-state index contributed by atoms with van der Waals surface area (Å²) in [6.07, 6.45) is -13.3. The van der Waals surface area contributed by atoms with E-state index in [1.807, 2.05) is 0 Å². The van der Waals surface area contributed by atoms with Crippen LogP contribution in [0.3, 0.4) is 0 Å². The fourth-order valence-corrected chi connectivity index (χ4v) is 3.05. The molecule has 2 aliphatic rings. The molecular weight excluding hydrogens is 368 g/mol. The van der Waals surface area contributed by atoms with E-state index in [2.05, 4.69) is 0 Å². The summed E-state index contributed by atoms with van der Waals surface area (Å²) < 4.78 is 21.4. The molecule has 0 amide bonds. The SMILES string of the molecule is C[C@H](O)C[C@@H](C)O[C@@H]1O[C@H](CO[C@@H]2OC[C@@H](O)[C@H](O)[C@H]2O)[C@@H](O)[C@H](O)[C@H]1O. The highest BCUT2D eigenvalue weighted by molar-refractivity contribution is 4.90. The van der Waals surface area contributed by atoms with Crippen molar-refractivity contribution in [3.8, 4) is 0 Å². The Balaban J connectivity index is 1.93. The summed E-state index contributed by atoms with van der Waals surface area (Å²) in [5, 5.41) is 68.5. The van der Waals surface area contributed by atoms with E-state index in [9.17, 15) is 35.7 Å². The number of hydrogen-bond acceptors (Lipinski definition) is 11. The van der Waals surface area contributed by atoms with Gasteiger partial charge in [-0.3, -0.25) is 0 Å². The topological polar surface area (TPSA) is 179 Å². The molecule has 2 heterocycles. The summed E-state index contributed by atoms with van der Waals surface area (Å²) in [7, 11) is 0. The van der Waals surface area contributed by atoms with Crippen molar-refractivity contribution in [2.24, 2.45) is 0 Å². The number of ether oxygens (including phenoxy) is 4. The van der Waals surface area contributed by atoms with Crippen molar-refractivity contribution in [3.05, 3.63) is 0 Å². The molecule has 11 atom stereocenters. The largest absolute Gasteiger partial charge is 0.393 e. The Morgan fingerprint density at radius 2 is 1.52 bits per heavy atom. The maximum Gasteiger partial charge on any atom is 0.186 e. The van der Waals surface area contributed by atoms with E-state index < -0.39 is 67.5 Å². The fourth-order valence-electron chi connectivity index (χ4n) is 3.05. The third kappa shape index (κ3) is 5.78. The van der Waals surface area contributed by atoms with Crippen LogP contribution in [0.2, 0.25) is 0 Å². The van der Waals surface area contributed by atoms with Gasteiger partial charge in [-0.25, -0.2) is 0 Å². The first kappa shape index (κ1) is 22.8. The molecule has 11 heteroatoms. The molecule has 11 nitrogen and oxygen atoms in total. The molecule has 160 valence electrons. The highest BCUT2D eigenvalue weighted by atomic mass is 16.7. The second-order valence-electron chi connectivity index (χ2n) is 7.13. The molecule has 0 saturated carbocycles. The zero-order chi connectivity index (χ0) is 20.3. The van der Waals surface area contributed by atoms with E-state index in [0.717, 1.165) is 0 Å². The Morgan fingerprint density at radius 3 is 2.15 bits per heavy atom. The average Bonchev–Trinajstić information content (AvgIpc) is 2.60. The first-order valence-corrected chi connectivity index (χ1v) is 8.92. The van der Waals surface area contributed by atoms with Gasteiger partial charge in [0.2, 0.25) is 0 Å². The minimum atomic E-state index is -1.57. The van der Waals surface area contributed by atoms with Crippen LogP contribution < -0.4 is 0 Å². The van der Waals surface area contributed by atoms with Crippen LogP contribution in [0.5, 0.6) is 0 Å². The molecule has 27 heavy (non-hydrogen) atoms. The van der Waals surface area contributed by atoms with Gasteiger partial charge in [0.15, 0.2) is 12.6 Å². The van der Waals surface area contributed by atoms with E-state index in [4.69, 9.17) is 18.9 Å². The van der Waals surface area contributed by atoms with Crippen molar-refractivity contribution in [1.29, 1.82) is 0 Å². The van der Waals surface area contributed by atoms with Gasteiger partial charge >= 0.3 is 0 Å². The van der Waals surface area contributed by atoms with Crippen molar-refractivity contribution >= 4 is 0 Å². The number of aliphatic hydroxyl groups is 7. The monoisotopic (exact) mass is 398 g/mol. The molecule has 0 unspecified atom stereocenters. The van der Waals surface area contributed by atoms with Crippen LogP contribution in [0.25, 0.3) is 0 Å². The highest BCUT2D eigenvalue weighted by Crippen LogP contribution is 2.25. The first-order valence-electron chi connectivity index (χ1n) is 8.92. The molecule has 2 rings (SSSR count). The van der Waals surface area contributed by atoms with Gasteiger partial charge in [-0.2, -0.15) is 0 Å². The third-order valence-electron chi connectivity index (χ3n) is 4.59.